The van der Waals surface area contributed by atoms with Gasteiger partial charge in [0.2, 0.25) is 0 Å². The van der Waals surface area contributed by atoms with Crippen LogP contribution in [0.15, 0.2) is 29.3 Å². The minimum atomic E-state index is -4.80. The topological polar surface area (TPSA) is 89.2 Å². The number of likely N-dealkylation sites (tertiary alicyclic amines) is 1. The van der Waals surface area contributed by atoms with E-state index in [9.17, 15) is 18.0 Å². The third-order valence-electron chi connectivity index (χ3n) is 4.37. The number of rotatable bonds is 5. The van der Waals surface area contributed by atoms with Crippen LogP contribution in [0.5, 0.6) is 5.75 Å². The summed E-state index contributed by atoms with van der Waals surface area (Å²) in [7, 11) is 0. The van der Waals surface area contributed by atoms with Crippen molar-refractivity contribution >= 4 is 17.7 Å². The number of aliphatic imine (C=N–C) groups is 1. The number of hydrogen-bond acceptors (Lipinski definition) is 4. The van der Waals surface area contributed by atoms with Gasteiger partial charge >= 0.3 is 12.5 Å². The minimum Gasteiger partial charge on any atom is -0.444 e. The van der Waals surface area contributed by atoms with Gasteiger partial charge in [-0.15, -0.1) is 13.2 Å². The Morgan fingerprint density at radius 2 is 2.00 bits per heavy atom. The normalized spacial score (nSPS) is 18.1. The lowest BCUT2D eigenvalue weighted by molar-refractivity contribution is -0.274. The molecule has 1 amide bonds. The lowest BCUT2D eigenvalue weighted by Crippen LogP contribution is -2.43. The van der Waals surface area contributed by atoms with Gasteiger partial charge in [0.15, 0.2) is 11.7 Å². The van der Waals surface area contributed by atoms with E-state index >= 15 is 0 Å². The molecular formula is C20H29F3N4O3. The third-order valence-corrected chi connectivity index (χ3v) is 4.37. The summed E-state index contributed by atoms with van der Waals surface area (Å²) in [6.07, 6.45) is -2.58. The average Bonchev–Trinajstić information content (AvgIpc) is 2.61. The molecule has 1 aromatic carbocycles. The summed E-state index contributed by atoms with van der Waals surface area (Å²) in [5.41, 5.74) is 5.35. The molecule has 1 atom stereocenters. The van der Waals surface area contributed by atoms with Crippen LogP contribution in [0.2, 0.25) is 0 Å². The van der Waals surface area contributed by atoms with E-state index in [1.165, 1.54) is 18.2 Å². The summed E-state index contributed by atoms with van der Waals surface area (Å²) in [6.45, 7) is 7.11. The molecule has 10 heteroatoms. The van der Waals surface area contributed by atoms with Crippen molar-refractivity contribution < 1.29 is 27.4 Å². The molecule has 0 saturated carbocycles. The maximum absolute atomic E-state index is 12.5. The molecule has 0 radical (unpaired) electrons. The monoisotopic (exact) mass is 430 g/mol. The fraction of sp³-hybridized carbons (Fsp3) is 0.600. The quantitative estimate of drug-likeness (QED) is 0.536. The number of para-hydroxylation sites is 2. The van der Waals surface area contributed by atoms with Crippen LogP contribution < -0.4 is 15.8 Å². The number of nitrogens with two attached hydrogens (primary N) is 1. The van der Waals surface area contributed by atoms with Crippen LogP contribution in [0.25, 0.3) is 0 Å². The highest BCUT2D eigenvalue weighted by molar-refractivity contribution is 5.93. The molecular weight excluding hydrogens is 401 g/mol. The molecule has 1 fully saturated rings. The summed E-state index contributed by atoms with van der Waals surface area (Å²) in [6, 6.07) is 5.60. The van der Waals surface area contributed by atoms with E-state index in [1.807, 2.05) is 20.8 Å². The first kappa shape index (κ1) is 23.6. The zero-order valence-electron chi connectivity index (χ0n) is 17.5. The average molecular weight is 430 g/mol. The number of anilines is 1. The summed E-state index contributed by atoms with van der Waals surface area (Å²) in [5.74, 6) is -0.139. The van der Waals surface area contributed by atoms with E-state index in [1.54, 1.807) is 11.0 Å². The number of ether oxygens (including phenoxy) is 2. The number of halogens is 3. The second-order valence-electron chi connectivity index (χ2n) is 8.16. The number of guanidine groups is 1. The van der Waals surface area contributed by atoms with Crippen LogP contribution in [-0.2, 0) is 4.74 Å². The van der Waals surface area contributed by atoms with E-state index in [0.717, 1.165) is 12.8 Å². The third kappa shape index (κ3) is 8.38. The molecule has 3 N–H and O–H groups in total. The fourth-order valence-electron chi connectivity index (χ4n) is 3.12. The molecule has 0 bridgehead atoms. The van der Waals surface area contributed by atoms with E-state index in [0.29, 0.717) is 26.1 Å². The predicted octanol–water partition coefficient (Wildman–Crippen LogP) is 4.35. The van der Waals surface area contributed by atoms with Gasteiger partial charge in [-0.05, 0) is 58.1 Å². The second kappa shape index (κ2) is 9.90. The van der Waals surface area contributed by atoms with Crippen molar-refractivity contribution in [2.45, 2.75) is 52.0 Å². The smallest absolute Gasteiger partial charge is 0.444 e. The van der Waals surface area contributed by atoms with Gasteiger partial charge in [0, 0.05) is 19.6 Å². The molecule has 0 aromatic heterocycles. The molecule has 168 valence electrons. The molecule has 2 rings (SSSR count). The number of amides is 1. The van der Waals surface area contributed by atoms with Crippen molar-refractivity contribution in [2.75, 3.05) is 25.0 Å². The summed E-state index contributed by atoms with van der Waals surface area (Å²) in [4.78, 5) is 18.1. The highest BCUT2D eigenvalue weighted by Crippen LogP contribution is 2.29. The van der Waals surface area contributed by atoms with Crippen LogP contribution in [0, 0.1) is 5.92 Å². The van der Waals surface area contributed by atoms with Crippen molar-refractivity contribution in [3.63, 3.8) is 0 Å². The van der Waals surface area contributed by atoms with Gasteiger partial charge in [0.05, 0.1) is 5.69 Å². The van der Waals surface area contributed by atoms with Gasteiger partial charge in [-0.1, -0.05) is 12.1 Å². The van der Waals surface area contributed by atoms with Gasteiger partial charge in [0.25, 0.3) is 0 Å². The second-order valence-corrected chi connectivity index (χ2v) is 8.16. The first-order valence-corrected chi connectivity index (χ1v) is 9.82. The Balaban J connectivity index is 1.86. The van der Waals surface area contributed by atoms with E-state index < -0.39 is 12.0 Å². The van der Waals surface area contributed by atoms with Gasteiger partial charge in [-0.3, -0.25) is 4.99 Å². The molecule has 1 saturated heterocycles. The first-order chi connectivity index (χ1) is 13.9. The van der Waals surface area contributed by atoms with Gasteiger partial charge in [-0.25, -0.2) is 4.79 Å². The Morgan fingerprint density at radius 1 is 1.30 bits per heavy atom. The maximum atomic E-state index is 12.5. The number of carbonyl (C=O) groups excluding carboxylic acids is 1. The first-order valence-electron chi connectivity index (χ1n) is 9.82. The van der Waals surface area contributed by atoms with Gasteiger partial charge < -0.3 is 25.4 Å². The summed E-state index contributed by atoms with van der Waals surface area (Å²) < 4.78 is 46.9. The molecule has 1 aromatic rings. The Labute approximate surface area is 174 Å². The Morgan fingerprint density at radius 3 is 2.67 bits per heavy atom. The lowest BCUT2D eigenvalue weighted by atomic mass is 9.95. The van der Waals surface area contributed by atoms with Crippen molar-refractivity contribution in [3.8, 4) is 5.75 Å². The fourth-order valence-corrected chi connectivity index (χ4v) is 3.12. The molecule has 7 nitrogen and oxygen atoms in total. The number of hydrogen-bond donors (Lipinski definition) is 2. The summed E-state index contributed by atoms with van der Waals surface area (Å²) >= 11 is 0. The standard InChI is InChI=1S/C20H29F3N4O3/c1-19(2,3)30-18(28)27-12-6-7-14(13-27)10-11-25-17(24)26-15-8-4-5-9-16(15)29-20(21,22)23/h4-5,8-9,14H,6-7,10-13H2,1-3H3,(H3,24,25,26). The SMILES string of the molecule is CC(C)(C)OC(=O)N1CCCC(CCN=C(N)Nc2ccccc2OC(F)(F)F)C1. The maximum Gasteiger partial charge on any atom is 0.573 e. The molecule has 1 unspecified atom stereocenters. The Kier molecular flexibility index (Phi) is 7.80. The molecule has 0 aliphatic carbocycles. The van der Waals surface area contributed by atoms with Crippen molar-refractivity contribution in [1.82, 2.24) is 4.90 Å². The number of nitrogens with one attached hydrogen (secondary N) is 1. The van der Waals surface area contributed by atoms with E-state index in [2.05, 4.69) is 15.0 Å². The van der Waals surface area contributed by atoms with Crippen LogP contribution in [-0.4, -0.2) is 48.6 Å². The Bertz CT molecular complexity index is 748. The van der Waals surface area contributed by atoms with Crippen LogP contribution in [0.3, 0.4) is 0 Å². The van der Waals surface area contributed by atoms with Gasteiger partial charge in [0.1, 0.15) is 5.60 Å². The predicted molar refractivity (Wildman–Crippen MR) is 108 cm³/mol. The van der Waals surface area contributed by atoms with Crippen LogP contribution >= 0.6 is 0 Å². The number of nitrogens with zero attached hydrogens (tertiary/aromatic N) is 2. The number of benzene rings is 1. The minimum absolute atomic E-state index is 0.00645. The van der Waals surface area contributed by atoms with Crippen molar-refractivity contribution in [2.24, 2.45) is 16.6 Å². The number of piperidine rings is 1. The zero-order chi connectivity index (χ0) is 22.4. The number of alkyl halides is 3. The highest BCUT2D eigenvalue weighted by Gasteiger charge is 2.32. The molecule has 0 spiro atoms. The number of carbonyl (C=O) groups is 1. The van der Waals surface area contributed by atoms with E-state index in [4.69, 9.17) is 10.5 Å². The van der Waals surface area contributed by atoms with Gasteiger partial charge in [-0.2, -0.15) is 0 Å². The van der Waals surface area contributed by atoms with Crippen molar-refractivity contribution in [1.29, 1.82) is 0 Å². The molecule has 1 aliphatic rings. The van der Waals surface area contributed by atoms with Crippen molar-refractivity contribution in [3.05, 3.63) is 24.3 Å². The molecule has 1 heterocycles. The van der Waals surface area contributed by atoms with Crippen LogP contribution in [0.4, 0.5) is 23.7 Å². The summed E-state index contributed by atoms with van der Waals surface area (Å²) in [5, 5.41) is 2.64. The van der Waals surface area contributed by atoms with Crippen LogP contribution in [0.1, 0.15) is 40.0 Å². The molecule has 30 heavy (non-hydrogen) atoms. The largest absolute Gasteiger partial charge is 0.573 e. The lowest BCUT2D eigenvalue weighted by Gasteiger charge is -2.34. The zero-order valence-corrected chi connectivity index (χ0v) is 17.5. The molecule has 1 aliphatic heterocycles. The highest BCUT2D eigenvalue weighted by atomic mass is 19.4. The van der Waals surface area contributed by atoms with E-state index in [-0.39, 0.29) is 29.4 Å². The Hall–Kier alpha value is -2.65.